The van der Waals surface area contributed by atoms with Gasteiger partial charge in [-0.2, -0.15) is 0 Å². The van der Waals surface area contributed by atoms with Gasteiger partial charge < -0.3 is 14.8 Å². The Morgan fingerprint density at radius 1 is 1.27 bits per heavy atom. The van der Waals surface area contributed by atoms with Crippen LogP contribution in [0.2, 0.25) is 5.02 Å². The Kier molecular flexibility index (Phi) is 6.36. The average molecular weight is 432 g/mol. The first-order valence-electron chi connectivity index (χ1n) is 9.95. The molecule has 0 saturated carbocycles. The molecule has 0 fully saturated rings. The number of Topliss-reactive ketones (excluding diaryl/α,β-unsaturated/α-hetero) is 1. The third-order valence-corrected chi connectivity index (χ3v) is 5.72. The lowest BCUT2D eigenvalue weighted by molar-refractivity contribution is -0.151. The zero-order valence-corrected chi connectivity index (χ0v) is 18.5. The Labute approximate surface area is 181 Å². The van der Waals surface area contributed by atoms with E-state index in [1.165, 1.54) is 7.11 Å². The van der Waals surface area contributed by atoms with Gasteiger partial charge in [0, 0.05) is 27.9 Å². The molecule has 160 valence electrons. The Balaban J connectivity index is 2.19. The fourth-order valence-electron chi connectivity index (χ4n) is 4.25. The van der Waals surface area contributed by atoms with Crippen molar-refractivity contribution in [2.45, 2.75) is 46.1 Å². The Hall–Kier alpha value is -2.60. The number of benzene rings is 1. The summed E-state index contributed by atoms with van der Waals surface area (Å²) in [6, 6.07) is 7.05. The summed E-state index contributed by atoms with van der Waals surface area (Å²) in [6.07, 6.45) is 0.167. The number of nitrogens with one attached hydrogen (secondary N) is 1. The van der Waals surface area contributed by atoms with Gasteiger partial charge in [0.15, 0.2) is 5.78 Å². The summed E-state index contributed by atoms with van der Waals surface area (Å²) < 4.78 is 10.4. The third-order valence-electron chi connectivity index (χ3n) is 5.49. The van der Waals surface area contributed by atoms with Gasteiger partial charge in [0.05, 0.1) is 18.8 Å². The maximum Gasteiger partial charge on any atom is 0.337 e. The minimum Gasteiger partial charge on any atom is -0.468 e. The second-order valence-electron chi connectivity index (χ2n) is 8.04. The van der Waals surface area contributed by atoms with Gasteiger partial charge in [0.2, 0.25) is 0 Å². The van der Waals surface area contributed by atoms with Crippen LogP contribution in [-0.4, -0.2) is 30.9 Å². The highest BCUT2D eigenvalue weighted by molar-refractivity contribution is 6.30. The maximum atomic E-state index is 13.5. The van der Waals surface area contributed by atoms with E-state index >= 15 is 0 Å². The summed E-state index contributed by atoms with van der Waals surface area (Å²) in [6.45, 7) is 7.18. The van der Waals surface area contributed by atoms with Crippen LogP contribution in [0, 0.1) is 11.8 Å². The molecule has 0 saturated heterocycles. The van der Waals surface area contributed by atoms with Crippen LogP contribution in [0.25, 0.3) is 0 Å². The number of halogens is 1. The van der Waals surface area contributed by atoms with E-state index in [0.717, 1.165) is 5.70 Å². The first-order chi connectivity index (χ1) is 14.1. The molecule has 30 heavy (non-hydrogen) atoms. The van der Waals surface area contributed by atoms with E-state index in [1.807, 2.05) is 13.0 Å². The zero-order valence-electron chi connectivity index (χ0n) is 17.7. The van der Waals surface area contributed by atoms with E-state index in [0.29, 0.717) is 33.9 Å². The van der Waals surface area contributed by atoms with Gasteiger partial charge in [-0.15, -0.1) is 0 Å². The predicted molar refractivity (Wildman–Crippen MR) is 113 cm³/mol. The van der Waals surface area contributed by atoms with Crippen LogP contribution in [0.1, 0.15) is 45.6 Å². The first-order valence-corrected chi connectivity index (χ1v) is 10.3. The summed E-state index contributed by atoms with van der Waals surface area (Å²) in [4.78, 5) is 38.9. The van der Waals surface area contributed by atoms with Crippen LogP contribution < -0.4 is 5.32 Å². The molecule has 0 amide bonds. The van der Waals surface area contributed by atoms with Crippen molar-refractivity contribution in [3.63, 3.8) is 0 Å². The highest BCUT2D eigenvalue weighted by atomic mass is 35.5. The van der Waals surface area contributed by atoms with Gasteiger partial charge in [-0.1, -0.05) is 30.7 Å². The van der Waals surface area contributed by atoms with E-state index < -0.39 is 23.8 Å². The highest BCUT2D eigenvalue weighted by Gasteiger charge is 2.47. The molecule has 1 heterocycles. The number of allylic oxidation sites excluding steroid dienone is 3. The minimum absolute atomic E-state index is 0.229. The standard InChI is InChI=1S/C23H26ClNO5/c1-11(2)30-23(28)18-13(4)25-16-9-12(3)17(22(27)29-5)21(26)20(16)19(18)14-7-6-8-15(24)10-14/h6-8,10-12,17,19,25H,9H2,1-5H3/t12-,17+,19-/m1/s1. The molecule has 0 radical (unpaired) electrons. The molecule has 0 spiro atoms. The monoisotopic (exact) mass is 431 g/mol. The second kappa shape index (κ2) is 8.64. The van der Waals surface area contributed by atoms with Gasteiger partial charge in [0.1, 0.15) is 5.92 Å². The summed E-state index contributed by atoms with van der Waals surface area (Å²) in [7, 11) is 1.27. The minimum atomic E-state index is -0.919. The normalized spacial score (nSPS) is 23.8. The average Bonchev–Trinajstić information content (AvgIpc) is 2.65. The molecule has 1 aromatic carbocycles. The second-order valence-corrected chi connectivity index (χ2v) is 8.48. The molecule has 0 unspecified atom stereocenters. The summed E-state index contributed by atoms with van der Waals surface area (Å²) in [5, 5.41) is 3.72. The summed E-state index contributed by atoms with van der Waals surface area (Å²) in [5.41, 5.74) is 2.78. The topological polar surface area (TPSA) is 81.7 Å². The van der Waals surface area contributed by atoms with Gasteiger partial charge in [-0.3, -0.25) is 9.59 Å². The molecule has 3 rings (SSSR count). The van der Waals surface area contributed by atoms with Crippen LogP contribution in [-0.2, 0) is 23.9 Å². The van der Waals surface area contributed by atoms with Gasteiger partial charge in [0.25, 0.3) is 0 Å². The molecule has 2 aliphatic rings. The van der Waals surface area contributed by atoms with Crippen molar-refractivity contribution in [1.82, 2.24) is 5.32 Å². The highest BCUT2D eigenvalue weighted by Crippen LogP contribution is 2.45. The lowest BCUT2D eigenvalue weighted by Crippen LogP contribution is -2.43. The summed E-state index contributed by atoms with van der Waals surface area (Å²) in [5.74, 6) is -3.24. The van der Waals surface area contributed by atoms with E-state index in [2.05, 4.69) is 5.32 Å². The van der Waals surface area contributed by atoms with Crippen molar-refractivity contribution in [2.75, 3.05) is 7.11 Å². The van der Waals surface area contributed by atoms with Crippen molar-refractivity contribution in [1.29, 1.82) is 0 Å². The predicted octanol–water partition coefficient (Wildman–Crippen LogP) is 3.90. The van der Waals surface area contributed by atoms with Gasteiger partial charge >= 0.3 is 11.9 Å². The molecule has 1 aliphatic carbocycles. The van der Waals surface area contributed by atoms with Crippen molar-refractivity contribution < 1.29 is 23.9 Å². The molecule has 0 aromatic heterocycles. The SMILES string of the molecule is COC(=O)[C@@H]1C(=O)C2=C(C[C@H]1C)NC(C)=C(C(=O)OC(C)C)[C@H]2c1cccc(Cl)c1. The van der Waals surface area contributed by atoms with E-state index in [1.54, 1.807) is 39.0 Å². The third kappa shape index (κ3) is 4.01. The smallest absolute Gasteiger partial charge is 0.337 e. The molecule has 1 aromatic rings. The fraction of sp³-hybridized carbons (Fsp3) is 0.435. The van der Waals surface area contributed by atoms with E-state index in [-0.39, 0.29) is 17.8 Å². The number of dihydropyridines is 1. The number of carbonyl (C=O) groups excluding carboxylic acids is 3. The van der Waals surface area contributed by atoms with Crippen molar-refractivity contribution in [2.24, 2.45) is 11.8 Å². The van der Waals surface area contributed by atoms with E-state index in [9.17, 15) is 14.4 Å². The number of hydrogen-bond donors (Lipinski definition) is 1. The number of ether oxygens (including phenoxy) is 2. The van der Waals surface area contributed by atoms with Gasteiger partial charge in [-0.05, 0) is 50.8 Å². The van der Waals surface area contributed by atoms with Crippen LogP contribution in [0.4, 0.5) is 0 Å². The van der Waals surface area contributed by atoms with Crippen LogP contribution in [0.15, 0.2) is 46.8 Å². The van der Waals surface area contributed by atoms with E-state index in [4.69, 9.17) is 21.1 Å². The number of hydrogen-bond acceptors (Lipinski definition) is 6. The fourth-order valence-corrected chi connectivity index (χ4v) is 4.45. The van der Waals surface area contributed by atoms with Crippen LogP contribution in [0.5, 0.6) is 0 Å². The molecule has 6 nitrogen and oxygen atoms in total. The Bertz CT molecular complexity index is 962. The molecular weight excluding hydrogens is 406 g/mol. The molecule has 7 heteroatoms. The quantitative estimate of drug-likeness (QED) is 0.575. The number of rotatable bonds is 4. The number of methoxy groups -OCH3 is 1. The Morgan fingerprint density at radius 2 is 1.97 bits per heavy atom. The molecule has 0 bridgehead atoms. The van der Waals surface area contributed by atoms with Crippen LogP contribution >= 0.6 is 11.6 Å². The number of ketones is 1. The first kappa shape index (κ1) is 22.1. The molecule has 1 N–H and O–H groups in total. The number of carbonyl (C=O) groups is 3. The lowest BCUT2D eigenvalue weighted by Gasteiger charge is -2.38. The van der Waals surface area contributed by atoms with Gasteiger partial charge in [-0.25, -0.2) is 4.79 Å². The number of esters is 2. The maximum absolute atomic E-state index is 13.5. The largest absolute Gasteiger partial charge is 0.468 e. The van der Waals surface area contributed by atoms with Crippen LogP contribution in [0.3, 0.4) is 0 Å². The molecule has 3 atom stereocenters. The summed E-state index contributed by atoms with van der Waals surface area (Å²) >= 11 is 6.23. The van der Waals surface area contributed by atoms with Crippen molar-refractivity contribution >= 4 is 29.3 Å². The lowest BCUT2D eigenvalue weighted by atomic mass is 9.69. The van der Waals surface area contributed by atoms with Crippen molar-refractivity contribution in [3.05, 3.63) is 57.4 Å². The zero-order chi connectivity index (χ0) is 22.2. The molecule has 1 aliphatic heterocycles. The Morgan fingerprint density at radius 3 is 2.57 bits per heavy atom. The van der Waals surface area contributed by atoms with Crippen molar-refractivity contribution in [3.8, 4) is 0 Å². The molecular formula is C23H26ClNO5.